The van der Waals surface area contributed by atoms with Crippen molar-refractivity contribution in [3.63, 3.8) is 0 Å². The third kappa shape index (κ3) is 5.32. The van der Waals surface area contributed by atoms with E-state index >= 15 is 0 Å². The summed E-state index contributed by atoms with van der Waals surface area (Å²) >= 11 is 6.02. The number of halogens is 2. The smallest absolute Gasteiger partial charge is 0.244 e. The number of pyridine rings is 1. The van der Waals surface area contributed by atoms with Crippen molar-refractivity contribution in [2.75, 3.05) is 24.3 Å². The first-order valence-corrected chi connectivity index (χ1v) is 9.53. The van der Waals surface area contributed by atoms with Gasteiger partial charge in [-0.1, -0.05) is 17.7 Å². The molecule has 7 nitrogen and oxygen atoms in total. The third-order valence-electron chi connectivity index (χ3n) is 4.55. The normalized spacial score (nSPS) is 10.2. The fourth-order valence-electron chi connectivity index (χ4n) is 3.13. The second-order valence-corrected chi connectivity index (χ2v) is 7.30. The lowest BCUT2D eigenvalue weighted by atomic mass is 10.2. The lowest BCUT2D eigenvalue weighted by molar-refractivity contribution is -0.116. The average molecular weight is 460 g/mol. The van der Waals surface area contributed by atoms with Crippen LogP contribution in [0, 0.1) is 0 Å². The van der Waals surface area contributed by atoms with E-state index in [1.807, 2.05) is 72.1 Å². The van der Waals surface area contributed by atoms with Gasteiger partial charge in [0.15, 0.2) is 5.65 Å². The molecule has 0 unspecified atom stereocenters. The molecule has 0 bridgehead atoms. The van der Waals surface area contributed by atoms with Crippen LogP contribution in [0.15, 0.2) is 66.9 Å². The van der Waals surface area contributed by atoms with Gasteiger partial charge in [-0.05, 0) is 54.6 Å². The Morgan fingerprint density at radius 1 is 1.10 bits per heavy atom. The van der Waals surface area contributed by atoms with Crippen molar-refractivity contribution in [1.29, 1.82) is 0 Å². The molecule has 0 aliphatic carbocycles. The summed E-state index contributed by atoms with van der Waals surface area (Å²) in [6, 6.07) is 18.8. The highest BCUT2D eigenvalue weighted by Gasteiger charge is 2.16. The highest BCUT2D eigenvalue weighted by molar-refractivity contribution is 6.30. The molecule has 0 atom stereocenters. The summed E-state index contributed by atoms with van der Waals surface area (Å²) in [6.45, 7) is 0.0949. The minimum atomic E-state index is -0.152. The van der Waals surface area contributed by atoms with E-state index in [2.05, 4.69) is 15.3 Å². The lowest BCUT2D eigenvalue weighted by Crippen LogP contribution is -2.20. The maximum atomic E-state index is 12.8. The van der Waals surface area contributed by atoms with Gasteiger partial charge in [-0.25, -0.2) is 9.97 Å². The molecule has 2 heterocycles. The van der Waals surface area contributed by atoms with E-state index in [1.54, 1.807) is 18.3 Å². The summed E-state index contributed by atoms with van der Waals surface area (Å²) in [5.41, 5.74) is 4.02. The number of rotatable bonds is 5. The molecule has 0 saturated carbocycles. The van der Waals surface area contributed by atoms with E-state index in [1.165, 1.54) is 0 Å². The minimum absolute atomic E-state index is 0. The summed E-state index contributed by atoms with van der Waals surface area (Å²) in [6.07, 6.45) is 1.70. The highest BCUT2D eigenvalue weighted by atomic mass is 35.5. The molecule has 0 radical (unpaired) electrons. The number of imidazole rings is 1. The zero-order chi connectivity index (χ0) is 20.4. The van der Waals surface area contributed by atoms with Crippen LogP contribution >= 0.6 is 24.0 Å². The van der Waals surface area contributed by atoms with E-state index in [9.17, 15) is 4.79 Å². The number of benzene rings is 2. The van der Waals surface area contributed by atoms with Crippen molar-refractivity contribution in [2.45, 2.75) is 6.54 Å². The van der Waals surface area contributed by atoms with Crippen LogP contribution in [0.1, 0.15) is 0 Å². The molecule has 0 fully saturated rings. The van der Waals surface area contributed by atoms with Crippen molar-refractivity contribution < 1.29 is 10.3 Å². The number of carbonyl (C=O) groups is 1. The maximum Gasteiger partial charge on any atom is 0.244 e. The molecular weight excluding hydrogens is 437 g/mol. The first kappa shape index (κ1) is 24.1. The minimum Gasteiger partial charge on any atom is -0.412 e. The summed E-state index contributed by atoms with van der Waals surface area (Å²) < 4.78 is 1.82. The molecule has 0 saturated heterocycles. The molecule has 0 spiro atoms. The second kappa shape index (κ2) is 10.3. The Bertz CT molecular complexity index is 1180. The Labute approximate surface area is 191 Å². The third-order valence-corrected chi connectivity index (χ3v) is 4.81. The lowest BCUT2D eigenvalue weighted by Gasteiger charge is -2.14. The van der Waals surface area contributed by atoms with Crippen molar-refractivity contribution in [1.82, 2.24) is 14.5 Å². The van der Waals surface area contributed by atoms with Crippen LogP contribution in [-0.4, -0.2) is 40.0 Å². The SMILES string of the molecule is CN(C)c1cccc(NC(=O)Cn2c(-c3ccc(Cl)cc3)nc3cccnc32)c1.Cl.O. The Morgan fingerprint density at radius 3 is 2.55 bits per heavy atom. The first-order chi connectivity index (χ1) is 14.0. The fraction of sp³-hybridized carbons (Fsp3) is 0.136. The molecule has 2 aromatic carbocycles. The Balaban J connectivity index is 0.00000171. The molecule has 31 heavy (non-hydrogen) atoms. The number of carbonyl (C=O) groups excluding carboxylic acids is 1. The number of hydrogen-bond donors (Lipinski definition) is 1. The molecule has 1 amide bonds. The van der Waals surface area contributed by atoms with Gasteiger partial charge in [0.2, 0.25) is 5.91 Å². The zero-order valence-electron chi connectivity index (χ0n) is 17.0. The Hall–Kier alpha value is -3.13. The largest absolute Gasteiger partial charge is 0.412 e. The molecule has 4 aromatic rings. The van der Waals surface area contributed by atoms with E-state index in [0.717, 1.165) is 22.5 Å². The maximum absolute atomic E-state index is 12.8. The van der Waals surface area contributed by atoms with Gasteiger partial charge in [-0.15, -0.1) is 12.4 Å². The first-order valence-electron chi connectivity index (χ1n) is 9.16. The van der Waals surface area contributed by atoms with Crippen molar-refractivity contribution in [3.8, 4) is 11.4 Å². The standard InChI is InChI=1S/C22H20ClN5O.ClH.H2O/c1-27(2)18-6-3-5-17(13-18)25-20(29)14-28-21(15-8-10-16(23)11-9-15)26-19-7-4-12-24-22(19)28;;/h3-13H,14H2,1-2H3,(H,25,29);1H;1H2. The van der Waals surface area contributed by atoms with E-state index in [4.69, 9.17) is 11.6 Å². The number of hydrogen-bond acceptors (Lipinski definition) is 4. The topological polar surface area (TPSA) is 94.6 Å². The van der Waals surface area contributed by atoms with Gasteiger partial charge < -0.3 is 15.7 Å². The van der Waals surface area contributed by atoms with Crippen LogP contribution in [0.4, 0.5) is 11.4 Å². The number of aromatic nitrogens is 3. The number of anilines is 2. The summed E-state index contributed by atoms with van der Waals surface area (Å²) in [5.74, 6) is 0.522. The zero-order valence-corrected chi connectivity index (χ0v) is 18.6. The molecule has 4 rings (SSSR count). The van der Waals surface area contributed by atoms with E-state index in [-0.39, 0.29) is 30.3 Å². The van der Waals surface area contributed by atoms with Gasteiger partial charge in [-0.3, -0.25) is 9.36 Å². The van der Waals surface area contributed by atoms with Crippen molar-refractivity contribution in [2.24, 2.45) is 0 Å². The van der Waals surface area contributed by atoms with Crippen molar-refractivity contribution >= 4 is 52.5 Å². The highest BCUT2D eigenvalue weighted by Crippen LogP contribution is 2.25. The van der Waals surface area contributed by atoms with Gasteiger partial charge in [0.05, 0.1) is 0 Å². The molecule has 9 heteroatoms. The van der Waals surface area contributed by atoms with Crippen LogP contribution in [0.5, 0.6) is 0 Å². The molecule has 0 aliphatic rings. The summed E-state index contributed by atoms with van der Waals surface area (Å²) in [4.78, 5) is 23.9. The molecule has 3 N–H and O–H groups in total. The summed E-state index contributed by atoms with van der Waals surface area (Å²) in [7, 11) is 3.92. The Kier molecular flexibility index (Phi) is 7.99. The fourth-order valence-corrected chi connectivity index (χ4v) is 3.26. The number of fused-ring (bicyclic) bond motifs is 1. The van der Waals surface area contributed by atoms with Gasteiger partial charge in [-0.2, -0.15) is 0 Å². The molecular formula is C22H23Cl2N5O2. The molecule has 2 aromatic heterocycles. The average Bonchev–Trinajstić information content (AvgIpc) is 3.07. The van der Waals surface area contributed by atoms with Gasteiger partial charge in [0, 0.05) is 42.3 Å². The molecule has 0 aliphatic heterocycles. The van der Waals surface area contributed by atoms with E-state index < -0.39 is 0 Å². The molecule has 162 valence electrons. The number of nitrogens with one attached hydrogen (secondary N) is 1. The van der Waals surface area contributed by atoms with E-state index in [0.29, 0.717) is 16.5 Å². The summed E-state index contributed by atoms with van der Waals surface area (Å²) in [5, 5.41) is 3.61. The second-order valence-electron chi connectivity index (χ2n) is 6.87. The van der Waals surface area contributed by atoms with Crippen LogP contribution < -0.4 is 10.2 Å². The van der Waals surface area contributed by atoms with Gasteiger partial charge in [0.1, 0.15) is 17.9 Å². The predicted octanol–water partition coefficient (Wildman–Crippen LogP) is 4.05. The predicted molar refractivity (Wildman–Crippen MR) is 128 cm³/mol. The van der Waals surface area contributed by atoms with Crippen molar-refractivity contribution in [3.05, 3.63) is 71.9 Å². The number of nitrogens with zero attached hydrogens (tertiary/aromatic N) is 4. The number of amides is 1. The van der Waals surface area contributed by atoms with Crippen LogP contribution in [0.25, 0.3) is 22.6 Å². The van der Waals surface area contributed by atoms with Crippen LogP contribution in [-0.2, 0) is 11.3 Å². The van der Waals surface area contributed by atoms with Crippen LogP contribution in [0.2, 0.25) is 5.02 Å². The van der Waals surface area contributed by atoms with Gasteiger partial charge >= 0.3 is 0 Å². The van der Waals surface area contributed by atoms with Gasteiger partial charge in [0.25, 0.3) is 0 Å². The Morgan fingerprint density at radius 2 is 1.84 bits per heavy atom. The monoisotopic (exact) mass is 459 g/mol. The quantitative estimate of drug-likeness (QED) is 0.486. The van der Waals surface area contributed by atoms with Crippen LogP contribution in [0.3, 0.4) is 0 Å².